The Hall–Kier alpha value is -4.24. The van der Waals surface area contributed by atoms with Crippen LogP contribution in [0, 0.1) is 0 Å². The second-order valence-corrected chi connectivity index (χ2v) is 10.1. The van der Waals surface area contributed by atoms with Gasteiger partial charge in [0.05, 0.1) is 12.1 Å². The van der Waals surface area contributed by atoms with E-state index < -0.39 is 11.2 Å². The van der Waals surface area contributed by atoms with Gasteiger partial charge in [-0.1, -0.05) is 30.3 Å². The van der Waals surface area contributed by atoms with Crippen LogP contribution in [0.4, 0.5) is 0 Å². The standard InChI is InChI=1S/C30H33N5O4/c1-34(20-22-6-4-9-26-25(22)8-5-15-31-26)19-21-10-12-24(13-11-21)39-17-14-23-7-2-3-16-35(23)29(37)27-18-28(36)33-30(38)32-27/h4-6,8-13,15,18,23H,2-3,7,14,16-17,19-20H2,1H3,(H2,32,33,36,38). The number of H-pyrrole nitrogens is 2. The molecule has 5 rings (SSSR count). The van der Waals surface area contributed by atoms with Gasteiger partial charge in [0, 0.05) is 49.7 Å². The lowest BCUT2D eigenvalue weighted by Gasteiger charge is -2.35. The van der Waals surface area contributed by atoms with Gasteiger partial charge in [-0.05, 0) is 61.7 Å². The van der Waals surface area contributed by atoms with Gasteiger partial charge in [-0.2, -0.15) is 0 Å². The van der Waals surface area contributed by atoms with E-state index in [4.69, 9.17) is 4.74 Å². The number of carbonyl (C=O) groups is 1. The van der Waals surface area contributed by atoms with E-state index in [-0.39, 0.29) is 17.6 Å². The summed E-state index contributed by atoms with van der Waals surface area (Å²) in [5, 5.41) is 1.18. The number of hydrogen-bond acceptors (Lipinski definition) is 6. The lowest BCUT2D eigenvalue weighted by molar-refractivity contribution is 0.0573. The number of fused-ring (bicyclic) bond motifs is 1. The lowest BCUT2D eigenvalue weighted by Crippen LogP contribution is -2.45. The molecular formula is C30H33N5O4. The van der Waals surface area contributed by atoms with E-state index in [1.807, 2.05) is 30.5 Å². The summed E-state index contributed by atoms with van der Waals surface area (Å²) in [6.45, 7) is 2.69. The highest BCUT2D eigenvalue weighted by Gasteiger charge is 2.28. The zero-order chi connectivity index (χ0) is 27.2. The van der Waals surface area contributed by atoms with E-state index in [9.17, 15) is 14.4 Å². The Morgan fingerprint density at radius 3 is 2.72 bits per heavy atom. The highest BCUT2D eigenvalue weighted by molar-refractivity contribution is 5.92. The number of pyridine rings is 1. The molecule has 1 unspecified atom stereocenters. The Bertz CT molecular complexity index is 1510. The quantitative estimate of drug-likeness (QED) is 0.343. The molecule has 0 saturated carbocycles. The third kappa shape index (κ3) is 6.61. The molecule has 3 heterocycles. The number of benzene rings is 2. The molecular weight excluding hydrogens is 494 g/mol. The van der Waals surface area contributed by atoms with E-state index in [2.05, 4.69) is 57.2 Å². The van der Waals surface area contributed by atoms with Crippen LogP contribution in [0.2, 0.25) is 0 Å². The minimum Gasteiger partial charge on any atom is -0.494 e. The van der Waals surface area contributed by atoms with E-state index in [0.717, 1.165) is 49.7 Å². The first-order valence-corrected chi connectivity index (χ1v) is 13.3. The Balaban J connectivity index is 1.13. The Morgan fingerprint density at radius 2 is 1.90 bits per heavy atom. The molecule has 0 bridgehead atoms. The number of carbonyl (C=O) groups excluding carboxylic acids is 1. The van der Waals surface area contributed by atoms with Crippen LogP contribution in [-0.2, 0) is 13.1 Å². The first kappa shape index (κ1) is 26.4. The summed E-state index contributed by atoms with van der Waals surface area (Å²) in [6, 6.07) is 19.6. The summed E-state index contributed by atoms with van der Waals surface area (Å²) >= 11 is 0. The van der Waals surface area contributed by atoms with Gasteiger partial charge in [-0.25, -0.2) is 4.79 Å². The fourth-order valence-corrected chi connectivity index (χ4v) is 5.27. The van der Waals surface area contributed by atoms with E-state index in [0.29, 0.717) is 19.6 Å². The van der Waals surface area contributed by atoms with Crippen LogP contribution >= 0.6 is 0 Å². The number of aromatic amines is 2. The summed E-state index contributed by atoms with van der Waals surface area (Å²) in [5.74, 6) is 0.463. The topological polar surface area (TPSA) is 111 Å². The average molecular weight is 528 g/mol. The molecule has 0 radical (unpaired) electrons. The maximum absolute atomic E-state index is 13.0. The summed E-state index contributed by atoms with van der Waals surface area (Å²) in [5.41, 5.74) is 2.22. The number of rotatable bonds is 9. The first-order valence-electron chi connectivity index (χ1n) is 13.3. The van der Waals surface area contributed by atoms with Gasteiger partial charge in [0.15, 0.2) is 0 Å². The molecule has 2 aromatic carbocycles. The largest absolute Gasteiger partial charge is 0.494 e. The predicted molar refractivity (Wildman–Crippen MR) is 150 cm³/mol. The Labute approximate surface area is 226 Å². The van der Waals surface area contributed by atoms with Crippen molar-refractivity contribution in [1.29, 1.82) is 0 Å². The number of nitrogens with one attached hydrogen (secondary N) is 2. The van der Waals surface area contributed by atoms with Crippen LogP contribution in [0.15, 0.2) is 76.4 Å². The van der Waals surface area contributed by atoms with Gasteiger partial charge < -0.3 is 14.6 Å². The van der Waals surface area contributed by atoms with Crippen LogP contribution in [0.25, 0.3) is 10.9 Å². The highest BCUT2D eigenvalue weighted by Crippen LogP contribution is 2.23. The van der Waals surface area contributed by atoms with Crippen molar-refractivity contribution in [3.8, 4) is 5.75 Å². The fraction of sp³-hybridized carbons (Fsp3) is 0.333. The van der Waals surface area contributed by atoms with E-state index in [1.54, 1.807) is 4.90 Å². The van der Waals surface area contributed by atoms with E-state index >= 15 is 0 Å². The molecule has 0 spiro atoms. The molecule has 0 aliphatic carbocycles. The van der Waals surface area contributed by atoms with Crippen molar-refractivity contribution in [3.05, 3.63) is 105 Å². The van der Waals surface area contributed by atoms with Crippen molar-refractivity contribution in [1.82, 2.24) is 24.8 Å². The number of ether oxygens (including phenoxy) is 1. The van der Waals surface area contributed by atoms with Gasteiger partial charge >= 0.3 is 5.69 Å². The van der Waals surface area contributed by atoms with Crippen LogP contribution in [-0.4, -0.2) is 56.9 Å². The molecule has 9 nitrogen and oxygen atoms in total. The van der Waals surface area contributed by atoms with E-state index in [1.165, 1.54) is 16.5 Å². The molecule has 1 atom stereocenters. The van der Waals surface area contributed by atoms with Crippen molar-refractivity contribution < 1.29 is 9.53 Å². The zero-order valence-electron chi connectivity index (χ0n) is 22.1. The van der Waals surface area contributed by atoms with Gasteiger partial charge in [0.2, 0.25) is 0 Å². The number of hydrogen-bond donors (Lipinski definition) is 2. The van der Waals surface area contributed by atoms with Crippen molar-refractivity contribution >= 4 is 16.8 Å². The molecule has 1 aliphatic heterocycles. The maximum Gasteiger partial charge on any atom is 0.326 e. The van der Waals surface area contributed by atoms with Crippen LogP contribution in [0.3, 0.4) is 0 Å². The zero-order valence-corrected chi connectivity index (χ0v) is 22.1. The fourth-order valence-electron chi connectivity index (χ4n) is 5.27. The maximum atomic E-state index is 13.0. The van der Waals surface area contributed by atoms with Crippen LogP contribution in [0.1, 0.15) is 47.3 Å². The molecule has 1 fully saturated rings. The Morgan fingerprint density at radius 1 is 1.05 bits per heavy atom. The van der Waals surface area contributed by atoms with Crippen molar-refractivity contribution in [3.63, 3.8) is 0 Å². The molecule has 2 aromatic heterocycles. The van der Waals surface area contributed by atoms with Gasteiger partial charge in [0.25, 0.3) is 11.5 Å². The van der Waals surface area contributed by atoms with Gasteiger partial charge in [0.1, 0.15) is 11.4 Å². The number of nitrogens with zero attached hydrogens (tertiary/aromatic N) is 3. The summed E-state index contributed by atoms with van der Waals surface area (Å²) < 4.78 is 6.01. The molecule has 1 saturated heterocycles. The molecule has 1 amide bonds. The molecule has 2 N–H and O–H groups in total. The summed E-state index contributed by atoms with van der Waals surface area (Å²) in [7, 11) is 2.11. The molecule has 4 aromatic rings. The van der Waals surface area contributed by atoms with Crippen molar-refractivity contribution in [2.45, 2.75) is 44.8 Å². The van der Waals surface area contributed by atoms with Crippen LogP contribution < -0.4 is 16.0 Å². The van der Waals surface area contributed by atoms with Crippen molar-refractivity contribution in [2.75, 3.05) is 20.2 Å². The second kappa shape index (κ2) is 12.1. The predicted octanol–water partition coefficient (Wildman–Crippen LogP) is 3.71. The minimum atomic E-state index is -0.678. The summed E-state index contributed by atoms with van der Waals surface area (Å²) in [6.07, 6.45) is 5.27. The van der Waals surface area contributed by atoms with Crippen molar-refractivity contribution in [2.24, 2.45) is 0 Å². The third-order valence-corrected chi connectivity index (χ3v) is 7.15. The van der Waals surface area contributed by atoms with Gasteiger partial charge in [-0.3, -0.25) is 24.5 Å². The normalized spacial score (nSPS) is 15.5. The SMILES string of the molecule is CN(Cc1ccc(OCCC2CCCCN2C(=O)c2cc(=O)[nH]c(=O)[nH]2)cc1)Cc1cccc2ncccc12. The monoisotopic (exact) mass is 527 g/mol. The lowest BCUT2D eigenvalue weighted by atomic mass is 9.99. The average Bonchev–Trinajstić information content (AvgIpc) is 2.93. The number of piperidine rings is 1. The number of likely N-dealkylation sites (tertiary alicyclic amines) is 1. The second-order valence-electron chi connectivity index (χ2n) is 10.1. The minimum absolute atomic E-state index is 0.00812. The molecule has 9 heteroatoms. The molecule has 1 aliphatic rings. The number of amides is 1. The summed E-state index contributed by atoms with van der Waals surface area (Å²) in [4.78, 5) is 49.3. The molecule has 39 heavy (non-hydrogen) atoms. The first-order chi connectivity index (χ1) is 19.0. The third-order valence-electron chi connectivity index (χ3n) is 7.15. The molecule has 202 valence electrons. The Kier molecular flexibility index (Phi) is 8.17. The number of aromatic nitrogens is 3. The van der Waals surface area contributed by atoms with Gasteiger partial charge in [-0.15, -0.1) is 0 Å². The van der Waals surface area contributed by atoms with Crippen LogP contribution in [0.5, 0.6) is 5.75 Å². The smallest absolute Gasteiger partial charge is 0.326 e. The highest BCUT2D eigenvalue weighted by atomic mass is 16.5.